The molecule has 0 atom stereocenters. The van der Waals surface area contributed by atoms with Crippen LogP contribution in [0.25, 0.3) is 17.0 Å². The molecule has 0 saturated heterocycles. The lowest BCUT2D eigenvalue weighted by Gasteiger charge is -2.12. The number of nitrogens with zero attached hydrogens (tertiary/aromatic N) is 5. The lowest BCUT2D eigenvalue weighted by atomic mass is 10.1. The van der Waals surface area contributed by atoms with Crippen LogP contribution in [0.4, 0.5) is 18.9 Å². The SMILES string of the molecule is O=C(Nc1cc(Oc2ccccc2)cc(Oc2cccnc2)c1)c1nc2nc(-c3ccccc3)cc(C(F)(F)F)n2n1. The van der Waals surface area contributed by atoms with Gasteiger partial charge in [-0.2, -0.15) is 22.7 Å². The van der Waals surface area contributed by atoms with Gasteiger partial charge in [0.2, 0.25) is 5.82 Å². The fourth-order valence-corrected chi connectivity index (χ4v) is 4.04. The Labute approximate surface area is 236 Å². The average Bonchev–Trinajstić information content (AvgIpc) is 3.42. The molecule has 0 fully saturated rings. The summed E-state index contributed by atoms with van der Waals surface area (Å²) < 4.78 is 54.2. The number of para-hydroxylation sites is 1. The number of nitrogens with one attached hydrogen (secondary N) is 1. The molecule has 1 amide bonds. The van der Waals surface area contributed by atoms with Crippen molar-refractivity contribution in [1.82, 2.24) is 24.6 Å². The van der Waals surface area contributed by atoms with Crippen LogP contribution >= 0.6 is 0 Å². The van der Waals surface area contributed by atoms with Crippen molar-refractivity contribution in [3.05, 3.63) is 121 Å². The van der Waals surface area contributed by atoms with Gasteiger partial charge in [-0.1, -0.05) is 48.5 Å². The van der Waals surface area contributed by atoms with Gasteiger partial charge in [-0.15, -0.1) is 5.10 Å². The van der Waals surface area contributed by atoms with Gasteiger partial charge in [-0.3, -0.25) is 9.78 Å². The first-order chi connectivity index (χ1) is 20.3. The summed E-state index contributed by atoms with van der Waals surface area (Å²) in [5.74, 6) is -0.140. The second-order valence-electron chi connectivity index (χ2n) is 8.89. The van der Waals surface area contributed by atoms with Crippen LogP contribution in [-0.2, 0) is 6.18 Å². The van der Waals surface area contributed by atoms with Crippen molar-refractivity contribution in [1.29, 1.82) is 0 Å². The van der Waals surface area contributed by atoms with Crippen molar-refractivity contribution in [2.24, 2.45) is 0 Å². The van der Waals surface area contributed by atoms with Crippen LogP contribution in [0.5, 0.6) is 23.0 Å². The summed E-state index contributed by atoms with van der Waals surface area (Å²) in [6.45, 7) is 0. The minimum absolute atomic E-state index is 0.0396. The van der Waals surface area contributed by atoms with Crippen LogP contribution < -0.4 is 14.8 Å². The molecule has 12 heteroatoms. The topological polar surface area (TPSA) is 104 Å². The zero-order chi connectivity index (χ0) is 29.1. The predicted molar refractivity (Wildman–Crippen MR) is 146 cm³/mol. The smallest absolute Gasteiger partial charge is 0.433 e. The van der Waals surface area contributed by atoms with Crippen LogP contribution in [0.1, 0.15) is 16.3 Å². The highest BCUT2D eigenvalue weighted by atomic mass is 19.4. The molecular weight excluding hydrogens is 549 g/mol. The van der Waals surface area contributed by atoms with Gasteiger partial charge in [-0.25, -0.2) is 4.98 Å². The normalized spacial score (nSPS) is 11.3. The van der Waals surface area contributed by atoms with E-state index < -0.39 is 23.6 Å². The molecule has 3 aromatic heterocycles. The van der Waals surface area contributed by atoms with E-state index in [2.05, 4.69) is 25.4 Å². The highest BCUT2D eigenvalue weighted by Crippen LogP contribution is 2.34. The number of carbonyl (C=O) groups is 1. The first-order valence-corrected chi connectivity index (χ1v) is 12.5. The van der Waals surface area contributed by atoms with E-state index in [1.807, 2.05) is 6.07 Å². The number of amides is 1. The number of alkyl halides is 3. The molecule has 0 saturated carbocycles. The highest BCUT2D eigenvalue weighted by Gasteiger charge is 2.36. The molecule has 42 heavy (non-hydrogen) atoms. The molecular formula is C30H19F3N6O3. The molecule has 3 heterocycles. The Kier molecular flexibility index (Phi) is 6.93. The fourth-order valence-electron chi connectivity index (χ4n) is 4.04. The van der Waals surface area contributed by atoms with Gasteiger partial charge in [0.05, 0.1) is 11.9 Å². The molecule has 3 aromatic carbocycles. The van der Waals surface area contributed by atoms with Crippen LogP contribution in [0.15, 0.2) is 109 Å². The maximum absolute atomic E-state index is 14.0. The third-order valence-electron chi connectivity index (χ3n) is 5.86. The summed E-state index contributed by atoms with van der Waals surface area (Å²) in [4.78, 5) is 25.4. The molecule has 6 aromatic rings. The molecule has 9 nitrogen and oxygen atoms in total. The molecule has 0 aliphatic rings. The molecule has 6 rings (SSSR count). The Morgan fingerprint density at radius 2 is 1.43 bits per heavy atom. The monoisotopic (exact) mass is 568 g/mol. The second kappa shape index (κ2) is 11.0. The minimum Gasteiger partial charge on any atom is -0.457 e. The number of fused-ring (bicyclic) bond motifs is 1. The Bertz CT molecular complexity index is 1810. The van der Waals surface area contributed by atoms with E-state index >= 15 is 0 Å². The van der Waals surface area contributed by atoms with E-state index in [9.17, 15) is 18.0 Å². The summed E-state index contributed by atoms with van der Waals surface area (Å²) in [6.07, 6.45) is -1.68. The number of hydrogen-bond acceptors (Lipinski definition) is 7. The number of rotatable bonds is 7. The van der Waals surface area contributed by atoms with Gasteiger partial charge in [0.25, 0.3) is 11.7 Å². The van der Waals surface area contributed by atoms with Crippen molar-refractivity contribution < 1.29 is 27.4 Å². The number of ether oxygens (including phenoxy) is 2. The zero-order valence-electron chi connectivity index (χ0n) is 21.5. The van der Waals surface area contributed by atoms with Gasteiger partial charge < -0.3 is 14.8 Å². The lowest BCUT2D eigenvalue weighted by Crippen LogP contribution is -2.16. The summed E-state index contributed by atoms with van der Waals surface area (Å²) in [6, 6.07) is 26.2. The van der Waals surface area contributed by atoms with E-state index in [1.54, 1.807) is 79.0 Å². The molecule has 0 radical (unpaired) electrons. The van der Waals surface area contributed by atoms with E-state index in [4.69, 9.17) is 9.47 Å². The van der Waals surface area contributed by atoms with E-state index in [1.165, 1.54) is 18.3 Å². The summed E-state index contributed by atoms with van der Waals surface area (Å²) >= 11 is 0. The number of anilines is 1. The Morgan fingerprint density at radius 3 is 2.10 bits per heavy atom. The Balaban J connectivity index is 1.34. The standard InChI is InChI=1S/C30H19F3N6O3/c31-30(32,33)26-17-25(19-8-3-1-4-9-19)36-29-37-27(38-39(26)29)28(40)35-20-14-23(41-21-10-5-2-6-11-21)16-24(15-20)42-22-12-7-13-34-18-22/h1-18H,(H,35,40). The molecule has 0 aliphatic heterocycles. The summed E-state index contributed by atoms with van der Waals surface area (Å²) in [7, 11) is 0. The highest BCUT2D eigenvalue weighted by molar-refractivity contribution is 6.02. The minimum atomic E-state index is -4.78. The zero-order valence-corrected chi connectivity index (χ0v) is 21.5. The molecule has 0 bridgehead atoms. The predicted octanol–water partition coefficient (Wildman–Crippen LogP) is 7.04. The Morgan fingerprint density at radius 1 is 0.762 bits per heavy atom. The van der Waals surface area contributed by atoms with Crippen LogP contribution in [-0.4, -0.2) is 30.5 Å². The number of carbonyl (C=O) groups excluding carboxylic acids is 1. The quantitative estimate of drug-likeness (QED) is 0.220. The first kappa shape index (κ1) is 26.4. The number of pyridine rings is 1. The molecule has 0 aliphatic carbocycles. The molecule has 0 spiro atoms. The molecule has 208 valence electrons. The summed E-state index contributed by atoms with van der Waals surface area (Å²) in [5.41, 5.74) is -0.405. The summed E-state index contributed by atoms with van der Waals surface area (Å²) in [5, 5.41) is 6.44. The fraction of sp³-hybridized carbons (Fsp3) is 0.0333. The van der Waals surface area contributed by atoms with Crippen LogP contribution in [0.2, 0.25) is 0 Å². The van der Waals surface area contributed by atoms with E-state index in [0.717, 1.165) is 6.07 Å². The number of aromatic nitrogens is 5. The van der Waals surface area contributed by atoms with Gasteiger partial charge in [0.15, 0.2) is 5.69 Å². The van der Waals surface area contributed by atoms with E-state index in [0.29, 0.717) is 33.1 Å². The van der Waals surface area contributed by atoms with Gasteiger partial charge in [0, 0.05) is 35.6 Å². The number of halogens is 3. The van der Waals surface area contributed by atoms with Gasteiger partial charge in [0.1, 0.15) is 23.0 Å². The van der Waals surface area contributed by atoms with Crippen molar-refractivity contribution in [3.63, 3.8) is 0 Å². The van der Waals surface area contributed by atoms with Gasteiger partial charge in [-0.05, 0) is 30.3 Å². The molecule has 0 unspecified atom stereocenters. The molecule has 1 N–H and O–H groups in total. The van der Waals surface area contributed by atoms with Crippen molar-refractivity contribution in [2.75, 3.05) is 5.32 Å². The van der Waals surface area contributed by atoms with Crippen LogP contribution in [0.3, 0.4) is 0 Å². The van der Waals surface area contributed by atoms with Crippen molar-refractivity contribution >= 4 is 17.4 Å². The second-order valence-corrected chi connectivity index (χ2v) is 8.89. The average molecular weight is 569 g/mol. The number of hydrogen-bond donors (Lipinski definition) is 1. The lowest BCUT2D eigenvalue weighted by molar-refractivity contribution is -0.142. The van der Waals surface area contributed by atoms with Crippen molar-refractivity contribution in [2.45, 2.75) is 6.18 Å². The van der Waals surface area contributed by atoms with E-state index in [-0.39, 0.29) is 17.2 Å². The van der Waals surface area contributed by atoms with Crippen LogP contribution in [0, 0.1) is 0 Å². The maximum Gasteiger partial charge on any atom is 0.433 e. The van der Waals surface area contributed by atoms with Gasteiger partial charge >= 0.3 is 6.18 Å². The van der Waals surface area contributed by atoms with Crippen molar-refractivity contribution in [3.8, 4) is 34.3 Å². The number of benzene rings is 3. The largest absolute Gasteiger partial charge is 0.457 e. The third kappa shape index (κ3) is 5.87. The Hall–Kier alpha value is -5.78. The third-order valence-corrected chi connectivity index (χ3v) is 5.86. The maximum atomic E-state index is 14.0. The first-order valence-electron chi connectivity index (χ1n) is 12.5.